The van der Waals surface area contributed by atoms with Gasteiger partial charge in [0.05, 0.1) is 0 Å². The van der Waals surface area contributed by atoms with Gasteiger partial charge in [0, 0.05) is 35.2 Å². The summed E-state index contributed by atoms with van der Waals surface area (Å²) in [5, 5.41) is 6.27. The highest BCUT2D eigenvalue weighted by Gasteiger charge is 2.20. The third-order valence-electron chi connectivity index (χ3n) is 3.12. The number of benzene rings is 1. The van der Waals surface area contributed by atoms with Gasteiger partial charge in [-0.1, -0.05) is 18.3 Å². The second-order valence-electron chi connectivity index (χ2n) is 4.43. The van der Waals surface area contributed by atoms with Crippen LogP contribution in [-0.2, 0) is 4.79 Å². The fourth-order valence-electron chi connectivity index (χ4n) is 2.17. The molecule has 102 valence electrons. The van der Waals surface area contributed by atoms with Crippen molar-refractivity contribution in [1.29, 1.82) is 0 Å². The molecule has 6 heteroatoms. The van der Waals surface area contributed by atoms with Gasteiger partial charge in [-0.15, -0.1) is 11.8 Å². The van der Waals surface area contributed by atoms with Gasteiger partial charge in [0.2, 0.25) is 5.91 Å². The van der Waals surface area contributed by atoms with Crippen molar-refractivity contribution >= 4 is 40.6 Å². The lowest BCUT2D eigenvalue weighted by atomic mass is 10.1. The minimum absolute atomic E-state index is 0.124. The summed E-state index contributed by atoms with van der Waals surface area (Å²) in [5.41, 5.74) is 7.62. The van der Waals surface area contributed by atoms with Crippen molar-refractivity contribution in [2.24, 2.45) is 5.73 Å². The first-order valence-electron chi connectivity index (χ1n) is 6.12. The Labute approximate surface area is 122 Å². The molecule has 2 rings (SSSR count). The lowest BCUT2D eigenvalue weighted by Crippen LogP contribution is -2.32. The second-order valence-corrected chi connectivity index (χ2v) is 5.72. The van der Waals surface area contributed by atoms with Crippen LogP contribution in [0.4, 0.5) is 5.69 Å². The van der Waals surface area contributed by atoms with Crippen molar-refractivity contribution in [2.75, 3.05) is 18.1 Å². The number of nitrogens with two attached hydrogens (primary N) is 1. The van der Waals surface area contributed by atoms with Crippen molar-refractivity contribution in [3.63, 3.8) is 0 Å². The molecule has 1 atom stereocenters. The maximum atomic E-state index is 11.2. The third kappa shape index (κ3) is 3.39. The zero-order valence-corrected chi connectivity index (χ0v) is 12.4. The highest BCUT2D eigenvalue weighted by molar-refractivity contribution is 7.98. The van der Waals surface area contributed by atoms with E-state index in [2.05, 4.69) is 10.6 Å². The maximum Gasteiger partial charge on any atom is 0.220 e. The highest BCUT2D eigenvalue weighted by Crippen LogP contribution is 2.27. The van der Waals surface area contributed by atoms with Crippen LogP contribution in [0.3, 0.4) is 0 Å². The van der Waals surface area contributed by atoms with Gasteiger partial charge < -0.3 is 16.4 Å². The van der Waals surface area contributed by atoms with E-state index >= 15 is 0 Å². The molecule has 1 aliphatic heterocycles. The van der Waals surface area contributed by atoms with Gasteiger partial charge in [-0.05, 0) is 24.8 Å². The number of carbonyl (C=O) groups is 1. The molecule has 1 unspecified atom stereocenters. The standard InChI is InChI=1S/C13H17N3OS2/c1-19-10-4-2-3-9(12(10)13(14)18)15-7-8-5-6-11(17)16-8/h2-4,8,15H,5-7H2,1H3,(H2,14,18)(H,16,17). The average molecular weight is 295 g/mol. The van der Waals surface area contributed by atoms with Crippen LogP contribution in [0.15, 0.2) is 23.1 Å². The third-order valence-corrected chi connectivity index (χ3v) is 4.10. The fraction of sp³-hybridized carbons (Fsp3) is 0.385. The molecule has 1 aromatic rings. The van der Waals surface area contributed by atoms with E-state index in [1.165, 1.54) is 0 Å². The van der Waals surface area contributed by atoms with E-state index in [0.29, 0.717) is 18.0 Å². The SMILES string of the molecule is CSc1cccc(NCC2CCC(=O)N2)c1C(N)=S. The van der Waals surface area contributed by atoms with Crippen LogP contribution in [-0.4, -0.2) is 29.7 Å². The monoisotopic (exact) mass is 295 g/mol. The van der Waals surface area contributed by atoms with Crippen LogP contribution < -0.4 is 16.4 Å². The predicted octanol–water partition coefficient (Wildman–Crippen LogP) is 1.73. The van der Waals surface area contributed by atoms with Crippen LogP contribution in [0.2, 0.25) is 0 Å². The predicted molar refractivity (Wildman–Crippen MR) is 83.8 cm³/mol. The molecule has 0 saturated carbocycles. The lowest BCUT2D eigenvalue weighted by Gasteiger charge is -2.17. The summed E-state index contributed by atoms with van der Waals surface area (Å²) in [5.74, 6) is 0.124. The Bertz CT molecular complexity index is 505. The van der Waals surface area contributed by atoms with Crippen molar-refractivity contribution in [1.82, 2.24) is 5.32 Å². The Hall–Kier alpha value is -1.27. The largest absolute Gasteiger partial charge is 0.389 e. The number of rotatable bonds is 5. The molecule has 1 fully saturated rings. The summed E-state index contributed by atoms with van der Waals surface area (Å²) in [6, 6.07) is 6.13. The lowest BCUT2D eigenvalue weighted by molar-refractivity contribution is -0.119. The number of hydrogen-bond donors (Lipinski definition) is 3. The van der Waals surface area contributed by atoms with E-state index in [1.54, 1.807) is 11.8 Å². The van der Waals surface area contributed by atoms with E-state index in [-0.39, 0.29) is 11.9 Å². The van der Waals surface area contributed by atoms with E-state index < -0.39 is 0 Å². The van der Waals surface area contributed by atoms with Gasteiger partial charge in [-0.3, -0.25) is 4.79 Å². The van der Waals surface area contributed by atoms with Gasteiger partial charge in [0.15, 0.2) is 0 Å². The first kappa shape index (κ1) is 14.1. The second kappa shape index (κ2) is 6.25. The molecule has 0 spiro atoms. The fourth-order valence-corrected chi connectivity index (χ4v) is 3.09. The quantitative estimate of drug-likeness (QED) is 0.570. The minimum Gasteiger partial charge on any atom is -0.389 e. The molecule has 4 N–H and O–H groups in total. The molecule has 1 aromatic carbocycles. The van der Waals surface area contributed by atoms with Gasteiger partial charge in [0.1, 0.15) is 4.99 Å². The number of thiocarbonyl (C=S) groups is 1. The molecular weight excluding hydrogens is 278 g/mol. The molecule has 19 heavy (non-hydrogen) atoms. The molecule has 0 aliphatic carbocycles. The molecular formula is C13H17N3OS2. The van der Waals surface area contributed by atoms with Crippen LogP contribution in [0.25, 0.3) is 0 Å². The number of nitrogens with one attached hydrogen (secondary N) is 2. The van der Waals surface area contributed by atoms with E-state index in [9.17, 15) is 4.79 Å². The van der Waals surface area contributed by atoms with Crippen LogP contribution in [0, 0.1) is 0 Å². The van der Waals surface area contributed by atoms with Crippen LogP contribution >= 0.6 is 24.0 Å². The van der Waals surface area contributed by atoms with Crippen LogP contribution in [0.1, 0.15) is 18.4 Å². The van der Waals surface area contributed by atoms with Crippen molar-refractivity contribution in [3.8, 4) is 0 Å². The van der Waals surface area contributed by atoms with Gasteiger partial charge in [0.25, 0.3) is 0 Å². The van der Waals surface area contributed by atoms with E-state index in [4.69, 9.17) is 18.0 Å². The van der Waals surface area contributed by atoms with E-state index in [1.807, 2.05) is 24.5 Å². The summed E-state index contributed by atoms with van der Waals surface area (Å²) in [4.78, 5) is 12.6. The van der Waals surface area contributed by atoms with Gasteiger partial charge in [-0.25, -0.2) is 0 Å². The summed E-state index contributed by atoms with van der Waals surface area (Å²) in [6.07, 6.45) is 3.48. The number of carbonyl (C=O) groups excluding carboxylic acids is 1. The number of hydrogen-bond acceptors (Lipinski definition) is 4. The van der Waals surface area contributed by atoms with Crippen molar-refractivity contribution < 1.29 is 4.79 Å². The number of thioether (sulfide) groups is 1. The topological polar surface area (TPSA) is 67.2 Å². The Morgan fingerprint density at radius 2 is 2.42 bits per heavy atom. The first-order chi connectivity index (χ1) is 9.11. The molecule has 0 radical (unpaired) electrons. The average Bonchev–Trinajstić information content (AvgIpc) is 2.81. The minimum atomic E-state index is 0.124. The molecule has 4 nitrogen and oxygen atoms in total. The molecule has 1 heterocycles. The summed E-state index contributed by atoms with van der Waals surface area (Å²) < 4.78 is 0. The maximum absolute atomic E-state index is 11.2. The molecule has 0 aromatic heterocycles. The Balaban J connectivity index is 2.11. The normalized spacial score (nSPS) is 18.2. The smallest absolute Gasteiger partial charge is 0.220 e. The Kier molecular flexibility index (Phi) is 4.66. The summed E-state index contributed by atoms with van der Waals surface area (Å²) >= 11 is 6.74. The summed E-state index contributed by atoms with van der Waals surface area (Å²) in [7, 11) is 0. The molecule has 1 saturated heterocycles. The first-order valence-corrected chi connectivity index (χ1v) is 7.75. The highest BCUT2D eigenvalue weighted by atomic mass is 32.2. The Morgan fingerprint density at radius 1 is 1.63 bits per heavy atom. The number of amides is 1. The summed E-state index contributed by atoms with van der Waals surface area (Å²) in [6.45, 7) is 0.694. The van der Waals surface area contributed by atoms with E-state index in [0.717, 1.165) is 22.6 Å². The zero-order chi connectivity index (χ0) is 13.8. The molecule has 0 bridgehead atoms. The zero-order valence-electron chi connectivity index (χ0n) is 10.7. The molecule has 1 amide bonds. The van der Waals surface area contributed by atoms with Crippen molar-refractivity contribution in [2.45, 2.75) is 23.8 Å². The Morgan fingerprint density at radius 3 is 3.00 bits per heavy atom. The van der Waals surface area contributed by atoms with Gasteiger partial charge >= 0.3 is 0 Å². The number of anilines is 1. The molecule has 1 aliphatic rings. The van der Waals surface area contributed by atoms with Crippen molar-refractivity contribution in [3.05, 3.63) is 23.8 Å². The van der Waals surface area contributed by atoms with Crippen LogP contribution in [0.5, 0.6) is 0 Å². The van der Waals surface area contributed by atoms with Gasteiger partial charge in [-0.2, -0.15) is 0 Å².